The molecule has 0 heterocycles. The Kier molecular flexibility index (Phi) is 14.5. The van der Waals surface area contributed by atoms with Crippen LogP contribution in [-0.2, 0) is 4.79 Å². The van der Waals surface area contributed by atoms with E-state index in [1.807, 2.05) is 0 Å². The summed E-state index contributed by atoms with van der Waals surface area (Å²) >= 11 is 0. The molecule has 21 heavy (non-hydrogen) atoms. The van der Waals surface area contributed by atoms with E-state index in [1.54, 1.807) is 0 Å². The molecule has 0 aromatic rings. The van der Waals surface area contributed by atoms with Gasteiger partial charge in [0.2, 0.25) is 0 Å². The highest BCUT2D eigenvalue weighted by Gasteiger charge is 1.99. The van der Waals surface area contributed by atoms with Crippen molar-refractivity contribution in [2.24, 2.45) is 0 Å². The molecule has 0 aliphatic heterocycles. The van der Waals surface area contributed by atoms with E-state index in [2.05, 4.69) is 31.2 Å². The van der Waals surface area contributed by atoms with Crippen LogP contribution in [0.25, 0.3) is 0 Å². The van der Waals surface area contributed by atoms with Crippen LogP contribution in [0, 0.1) is 0 Å². The normalized spacial score (nSPS) is 13.2. The third-order valence-corrected chi connectivity index (χ3v) is 3.41. The number of aliphatic hydroxyl groups is 1. The molecular weight excluding hydrogens is 264 g/mol. The van der Waals surface area contributed by atoms with Crippen LogP contribution in [0.5, 0.6) is 0 Å². The van der Waals surface area contributed by atoms with Crippen molar-refractivity contribution in [3.05, 3.63) is 24.3 Å². The topological polar surface area (TPSA) is 57.5 Å². The highest BCUT2D eigenvalue weighted by molar-refractivity contribution is 5.66. The molecule has 0 radical (unpaired) electrons. The van der Waals surface area contributed by atoms with E-state index in [4.69, 9.17) is 5.11 Å². The Morgan fingerprint density at radius 1 is 0.952 bits per heavy atom. The van der Waals surface area contributed by atoms with Crippen LogP contribution in [0.4, 0.5) is 0 Å². The SMILES string of the molecule is CC/C=C\CC[C@H](O)C/C=C\CCCCCCCC(=O)O. The van der Waals surface area contributed by atoms with E-state index in [1.165, 1.54) is 0 Å². The number of aliphatic hydroxyl groups excluding tert-OH is 1. The Balaban J connectivity index is 3.31. The van der Waals surface area contributed by atoms with Crippen LogP contribution >= 0.6 is 0 Å². The lowest BCUT2D eigenvalue weighted by molar-refractivity contribution is -0.137. The van der Waals surface area contributed by atoms with Crippen molar-refractivity contribution >= 4 is 5.97 Å². The Bertz CT molecular complexity index is 295. The van der Waals surface area contributed by atoms with Crippen molar-refractivity contribution in [1.29, 1.82) is 0 Å². The minimum absolute atomic E-state index is 0.223. The quantitative estimate of drug-likeness (QED) is 0.355. The fourth-order valence-corrected chi connectivity index (χ4v) is 2.13. The first-order chi connectivity index (χ1) is 10.2. The number of allylic oxidation sites excluding steroid dienone is 3. The van der Waals surface area contributed by atoms with E-state index in [-0.39, 0.29) is 6.10 Å². The molecule has 0 amide bonds. The predicted molar refractivity (Wildman–Crippen MR) is 88.4 cm³/mol. The number of rotatable bonds is 14. The minimum Gasteiger partial charge on any atom is -0.481 e. The van der Waals surface area contributed by atoms with Gasteiger partial charge in [-0.3, -0.25) is 4.79 Å². The number of carboxylic acids is 1. The van der Waals surface area contributed by atoms with Gasteiger partial charge in [0, 0.05) is 6.42 Å². The van der Waals surface area contributed by atoms with Gasteiger partial charge in [0.15, 0.2) is 0 Å². The molecule has 2 N–H and O–H groups in total. The van der Waals surface area contributed by atoms with Crippen molar-refractivity contribution in [3.63, 3.8) is 0 Å². The molecule has 3 nitrogen and oxygen atoms in total. The molecule has 0 aromatic carbocycles. The first-order valence-corrected chi connectivity index (χ1v) is 8.36. The smallest absolute Gasteiger partial charge is 0.303 e. The summed E-state index contributed by atoms with van der Waals surface area (Å²) in [5.41, 5.74) is 0. The summed E-state index contributed by atoms with van der Waals surface area (Å²) in [6, 6.07) is 0. The zero-order valence-electron chi connectivity index (χ0n) is 13.5. The Morgan fingerprint density at radius 2 is 1.62 bits per heavy atom. The van der Waals surface area contributed by atoms with Gasteiger partial charge in [0.25, 0.3) is 0 Å². The van der Waals surface area contributed by atoms with Gasteiger partial charge < -0.3 is 10.2 Å². The second kappa shape index (κ2) is 15.3. The number of carbonyl (C=O) groups is 1. The summed E-state index contributed by atoms with van der Waals surface area (Å²) in [5, 5.41) is 18.3. The maximum Gasteiger partial charge on any atom is 0.303 e. The summed E-state index contributed by atoms with van der Waals surface area (Å²) in [7, 11) is 0. The largest absolute Gasteiger partial charge is 0.481 e. The Labute approximate surface area is 129 Å². The van der Waals surface area contributed by atoms with Gasteiger partial charge in [0.05, 0.1) is 6.10 Å². The van der Waals surface area contributed by atoms with Crippen LogP contribution in [0.1, 0.15) is 77.6 Å². The lowest BCUT2D eigenvalue weighted by Crippen LogP contribution is -2.03. The standard InChI is InChI=1S/C18H32O3/c1-2-3-4-11-14-17(19)15-12-9-7-5-6-8-10-13-16-18(20)21/h3-4,9,12,17,19H,2,5-8,10-11,13-16H2,1H3,(H,20,21)/b4-3-,12-9-/t17-/m0/s1. The third kappa shape index (κ3) is 16.9. The van der Waals surface area contributed by atoms with Crippen LogP contribution < -0.4 is 0 Å². The molecule has 0 fully saturated rings. The van der Waals surface area contributed by atoms with Crippen LogP contribution in [-0.4, -0.2) is 22.3 Å². The second-order valence-corrected chi connectivity index (χ2v) is 5.52. The average Bonchev–Trinajstić information content (AvgIpc) is 2.45. The van der Waals surface area contributed by atoms with Gasteiger partial charge >= 0.3 is 5.97 Å². The zero-order valence-corrected chi connectivity index (χ0v) is 13.5. The Morgan fingerprint density at radius 3 is 2.33 bits per heavy atom. The average molecular weight is 296 g/mol. The van der Waals surface area contributed by atoms with Crippen molar-refractivity contribution in [3.8, 4) is 0 Å². The van der Waals surface area contributed by atoms with Crippen molar-refractivity contribution in [2.45, 2.75) is 83.7 Å². The number of aliphatic carboxylic acids is 1. The van der Waals surface area contributed by atoms with Gasteiger partial charge in [-0.25, -0.2) is 0 Å². The van der Waals surface area contributed by atoms with Crippen molar-refractivity contribution in [2.75, 3.05) is 0 Å². The number of hydrogen-bond donors (Lipinski definition) is 2. The van der Waals surface area contributed by atoms with E-state index >= 15 is 0 Å². The highest BCUT2D eigenvalue weighted by atomic mass is 16.4. The monoisotopic (exact) mass is 296 g/mol. The zero-order chi connectivity index (χ0) is 15.8. The molecule has 0 saturated carbocycles. The second-order valence-electron chi connectivity index (χ2n) is 5.52. The molecule has 0 unspecified atom stereocenters. The Hall–Kier alpha value is -1.09. The van der Waals surface area contributed by atoms with Gasteiger partial charge in [-0.15, -0.1) is 0 Å². The van der Waals surface area contributed by atoms with E-state index in [0.717, 1.165) is 64.2 Å². The van der Waals surface area contributed by atoms with Crippen LogP contribution in [0.3, 0.4) is 0 Å². The number of unbranched alkanes of at least 4 members (excludes halogenated alkanes) is 5. The molecule has 0 aliphatic carbocycles. The summed E-state index contributed by atoms with van der Waals surface area (Å²) in [4.78, 5) is 10.3. The maximum atomic E-state index is 10.3. The van der Waals surface area contributed by atoms with E-state index < -0.39 is 5.97 Å². The molecule has 0 rings (SSSR count). The molecule has 3 heteroatoms. The lowest BCUT2D eigenvalue weighted by atomic mass is 10.1. The lowest BCUT2D eigenvalue weighted by Gasteiger charge is -2.05. The number of hydrogen-bond acceptors (Lipinski definition) is 2. The molecule has 0 saturated heterocycles. The van der Waals surface area contributed by atoms with E-state index in [0.29, 0.717) is 6.42 Å². The first kappa shape index (κ1) is 19.9. The molecule has 0 aliphatic rings. The first-order valence-electron chi connectivity index (χ1n) is 8.36. The van der Waals surface area contributed by atoms with Gasteiger partial charge in [-0.05, 0) is 44.9 Å². The van der Waals surface area contributed by atoms with Crippen LogP contribution in [0.15, 0.2) is 24.3 Å². The molecule has 0 aromatic heterocycles. The number of carboxylic acid groups (broad SMARTS) is 1. The molecule has 0 bridgehead atoms. The molecule has 1 atom stereocenters. The molecular formula is C18H32O3. The van der Waals surface area contributed by atoms with Gasteiger partial charge in [-0.2, -0.15) is 0 Å². The van der Waals surface area contributed by atoms with Gasteiger partial charge in [-0.1, -0.05) is 50.5 Å². The summed E-state index contributed by atoms with van der Waals surface area (Å²) < 4.78 is 0. The highest BCUT2D eigenvalue weighted by Crippen LogP contribution is 2.09. The summed E-state index contributed by atoms with van der Waals surface area (Å²) in [5.74, 6) is -0.693. The van der Waals surface area contributed by atoms with Crippen molar-refractivity contribution < 1.29 is 15.0 Å². The predicted octanol–water partition coefficient (Wildman–Crippen LogP) is 4.86. The minimum atomic E-state index is -0.693. The fourth-order valence-electron chi connectivity index (χ4n) is 2.13. The third-order valence-electron chi connectivity index (χ3n) is 3.41. The van der Waals surface area contributed by atoms with Crippen molar-refractivity contribution in [1.82, 2.24) is 0 Å². The van der Waals surface area contributed by atoms with Gasteiger partial charge in [0.1, 0.15) is 0 Å². The van der Waals surface area contributed by atoms with Crippen LogP contribution in [0.2, 0.25) is 0 Å². The molecule has 0 spiro atoms. The molecule has 122 valence electrons. The maximum absolute atomic E-state index is 10.3. The summed E-state index contributed by atoms with van der Waals surface area (Å²) in [6.07, 6.45) is 18.5. The fraction of sp³-hybridized carbons (Fsp3) is 0.722. The van der Waals surface area contributed by atoms with E-state index in [9.17, 15) is 9.90 Å². The summed E-state index contributed by atoms with van der Waals surface area (Å²) in [6.45, 7) is 2.11.